The summed E-state index contributed by atoms with van der Waals surface area (Å²) in [5, 5.41) is 0. The number of likely N-dealkylation sites (N-methyl/N-ethyl adjacent to an activating group) is 1. The Morgan fingerprint density at radius 2 is 1.48 bits per heavy atom. The van der Waals surface area contributed by atoms with Crippen LogP contribution in [-0.4, -0.2) is 49.4 Å². The third-order valence-corrected chi connectivity index (χ3v) is 7.77. The number of nitrogens with zero attached hydrogens (tertiary/aromatic N) is 1. The molecule has 2 aromatic carbocycles. The lowest BCUT2D eigenvalue weighted by molar-refractivity contribution is -0.904. The van der Waals surface area contributed by atoms with E-state index >= 15 is 0 Å². The number of hydrogen-bond donors (Lipinski definition) is 0. The van der Waals surface area contributed by atoms with Crippen LogP contribution < -0.4 is 4.74 Å². The highest BCUT2D eigenvalue weighted by Crippen LogP contribution is 2.38. The maximum absolute atomic E-state index is 5.89. The molecule has 4 heteroatoms. The van der Waals surface area contributed by atoms with Crippen molar-refractivity contribution in [1.82, 2.24) is 0 Å². The Hall–Kier alpha value is -1.11. The molecule has 0 saturated heterocycles. The van der Waals surface area contributed by atoms with Crippen molar-refractivity contribution < 1.29 is 14.0 Å². The van der Waals surface area contributed by atoms with Gasteiger partial charge in [0.25, 0.3) is 0 Å². The molecule has 172 valence electrons. The maximum atomic E-state index is 5.89. The van der Waals surface area contributed by atoms with Gasteiger partial charge >= 0.3 is 0 Å². The van der Waals surface area contributed by atoms with Gasteiger partial charge in [-0.15, -0.1) is 0 Å². The monoisotopic (exact) mass is 538 g/mol. The topological polar surface area (TPSA) is 18.5 Å². The van der Waals surface area contributed by atoms with Crippen molar-refractivity contribution in [3.8, 4) is 5.75 Å². The van der Waals surface area contributed by atoms with E-state index in [1.165, 1.54) is 11.1 Å². The molecule has 0 radical (unpaired) electrons. The zero-order valence-corrected chi connectivity index (χ0v) is 22.4. The number of ether oxygens (including phenoxy) is 2. The van der Waals surface area contributed by atoms with Gasteiger partial charge in [0.05, 0.1) is 27.3 Å². The minimum absolute atomic E-state index is 0.154. The summed E-state index contributed by atoms with van der Waals surface area (Å²) in [6.45, 7) is 13.3. The lowest BCUT2D eigenvalue weighted by Crippen LogP contribution is -2.41. The first-order valence-electron chi connectivity index (χ1n) is 11.3. The molecular weight excluding hydrogens is 497 g/mol. The van der Waals surface area contributed by atoms with E-state index in [4.69, 9.17) is 9.47 Å². The highest BCUT2D eigenvalue weighted by molar-refractivity contribution is 14.1. The minimum Gasteiger partial charge on any atom is -0.491 e. The third kappa shape index (κ3) is 9.50. The normalized spacial score (nSPS) is 12.7. The van der Waals surface area contributed by atoms with Crippen LogP contribution in [0.3, 0.4) is 0 Å². The summed E-state index contributed by atoms with van der Waals surface area (Å²) < 4.78 is 13.8. The number of quaternary nitrogens is 1. The van der Waals surface area contributed by atoms with Gasteiger partial charge in [0.1, 0.15) is 25.4 Å². The van der Waals surface area contributed by atoms with Crippen LogP contribution in [0.15, 0.2) is 54.6 Å². The summed E-state index contributed by atoms with van der Waals surface area (Å²) in [7, 11) is 4.49. The van der Waals surface area contributed by atoms with Crippen molar-refractivity contribution in [3.63, 3.8) is 0 Å². The molecule has 31 heavy (non-hydrogen) atoms. The molecule has 0 spiro atoms. The second kappa shape index (κ2) is 11.7. The van der Waals surface area contributed by atoms with E-state index in [2.05, 4.69) is 119 Å². The predicted octanol–water partition coefficient (Wildman–Crippen LogP) is 6.49. The van der Waals surface area contributed by atoms with E-state index in [1.807, 2.05) is 0 Å². The third-order valence-electron chi connectivity index (χ3n) is 5.71. The molecule has 0 N–H and O–H groups in total. The van der Waals surface area contributed by atoms with Crippen LogP contribution in [0.1, 0.15) is 45.2 Å². The number of alkyl halides is 1. The lowest BCUT2D eigenvalue weighted by Gasteiger charge is -2.34. The molecule has 3 nitrogen and oxygen atoms in total. The van der Waals surface area contributed by atoms with Crippen molar-refractivity contribution in [1.29, 1.82) is 0 Å². The Morgan fingerprint density at radius 3 is 2.10 bits per heavy atom. The number of halogens is 1. The lowest BCUT2D eigenvalue weighted by atomic mass is 9.72. The largest absolute Gasteiger partial charge is 0.491 e. The predicted molar refractivity (Wildman–Crippen MR) is 140 cm³/mol. The fraction of sp³-hybridized carbons (Fsp3) is 0.556. The average molecular weight is 539 g/mol. The standard InChI is InChI=1S/C27H41INO2/c1-26(2,22-28)21-27(3,4)24-12-14-25(15-13-24)31-19-18-30-17-16-29(5,6)20-23-10-8-7-9-11-23/h7-15H,16-22H2,1-6H3/q+1. The molecular formula is C27H41INO2+. The van der Waals surface area contributed by atoms with Gasteiger partial charge in [0.15, 0.2) is 0 Å². The average Bonchev–Trinajstić information content (AvgIpc) is 2.70. The molecule has 0 aliphatic heterocycles. The van der Waals surface area contributed by atoms with Crippen molar-refractivity contribution in [2.24, 2.45) is 5.41 Å². The van der Waals surface area contributed by atoms with Crippen LogP contribution in [0.5, 0.6) is 5.75 Å². The molecule has 0 heterocycles. The van der Waals surface area contributed by atoms with Crippen LogP contribution in [-0.2, 0) is 16.7 Å². The van der Waals surface area contributed by atoms with Crippen molar-refractivity contribution >= 4 is 22.6 Å². The first kappa shape index (κ1) is 26.1. The second-order valence-corrected chi connectivity index (χ2v) is 11.4. The summed E-state index contributed by atoms with van der Waals surface area (Å²) in [6.07, 6.45) is 1.16. The molecule has 0 aromatic heterocycles. The minimum atomic E-state index is 0.154. The van der Waals surface area contributed by atoms with Crippen LogP contribution in [0.2, 0.25) is 0 Å². The fourth-order valence-electron chi connectivity index (χ4n) is 4.14. The van der Waals surface area contributed by atoms with Gasteiger partial charge in [0, 0.05) is 9.99 Å². The van der Waals surface area contributed by atoms with Crippen molar-refractivity contribution in [2.45, 2.75) is 46.1 Å². The SMILES string of the molecule is CC(C)(CI)CC(C)(C)c1ccc(OCCOCC[N+](C)(C)Cc2ccccc2)cc1. The van der Waals surface area contributed by atoms with Gasteiger partial charge in [-0.1, -0.05) is 92.8 Å². The van der Waals surface area contributed by atoms with Gasteiger partial charge in [-0.2, -0.15) is 0 Å². The fourth-order valence-corrected chi connectivity index (χ4v) is 4.41. The molecule has 0 saturated carbocycles. The van der Waals surface area contributed by atoms with E-state index in [-0.39, 0.29) is 5.41 Å². The molecule has 2 rings (SSSR count). The quantitative estimate of drug-likeness (QED) is 0.126. The van der Waals surface area contributed by atoms with Crippen LogP contribution in [0.4, 0.5) is 0 Å². The summed E-state index contributed by atoms with van der Waals surface area (Å²) in [6, 6.07) is 19.2. The van der Waals surface area contributed by atoms with E-state index in [9.17, 15) is 0 Å². The summed E-state index contributed by atoms with van der Waals surface area (Å²) in [5.41, 5.74) is 3.22. The van der Waals surface area contributed by atoms with E-state index in [1.54, 1.807) is 0 Å². The molecule has 0 aliphatic carbocycles. The Balaban J connectivity index is 1.69. The summed E-state index contributed by atoms with van der Waals surface area (Å²) in [5.74, 6) is 0.913. The maximum Gasteiger partial charge on any atom is 0.119 e. The first-order valence-corrected chi connectivity index (χ1v) is 12.8. The molecule has 0 aliphatic rings. The summed E-state index contributed by atoms with van der Waals surface area (Å²) >= 11 is 2.50. The van der Waals surface area contributed by atoms with Gasteiger partial charge < -0.3 is 14.0 Å². The smallest absolute Gasteiger partial charge is 0.119 e. The molecule has 0 atom stereocenters. The van der Waals surface area contributed by atoms with Gasteiger partial charge in [-0.05, 0) is 34.9 Å². The van der Waals surface area contributed by atoms with E-state index in [0.29, 0.717) is 18.6 Å². The van der Waals surface area contributed by atoms with Crippen molar-refractivity contribution in [2.75, 3.05) is 44.9 Å². The molecule has 2 aromatic rings. The van der Waals surface area contributed by atoms with E-state index < -0.39 is 0 Å². The molecule has 0 bridgehead atoms. The zero-order valence-electron chi connectivity index (χ0n) is 20.3. The Bertz CT molecular complexity index is 770. The van der Waals surface area contributed by atoms with Crippen LogP contribution in [0.25, 0.3) is 0 Å². The van der Waals surface area contributed by atoms with Crippen LogP contribution in [0, 0.1) is 5.41 Å². The highest BCUT2D eigenvalue weighted by Gasteiger charge is 2.29. The van der Waals surface area contributed by atoms with E-state index in [0.717, 1.165) is 40.8 Å². The molecule has 0 fully saturated rings. The number of rotatable bonds is 13. The Kier molecular flexibility index (Phi) is 9.84. The Morgan fingerprint density at radius 1 is 0.839 bits per heavy atom. The second-order valence-electron chi connectivity index (χ2n) is 10.6. The van der Waals surface area contributed by atoms with Gasteiger partial charge in [-0.25, -0.2) is 0 Å². The van der Waals surface area contributed by atoms with Gasteiger partial charge in [-0.3, -0.25) is 0 Å². The highest BCUT2D eigenvalue weighted by atomic mass is 127. The summed E-state index contributed by atoms with van der Waals surface area (Å²) in [4.78, 5) is 0. The number of hydrogen-bond acceptors (Lipinski definition) is 2. The zero-order chi connectivity index (χ0) is 23.0. The first-order chi connectivity index (χ1) is 14.5. The van der Waals surface area contributed by atoms with Gasteiger partial charge in [0.2, 0.25) is 0 Å². The molecule has 0 amide bonds. The Labute approximate surface area is 203 Å². The van der Waals surface area contributed by atoms with Crippen molar-refractivity contribution in [3.05, 3.63) is 65.7 Å². The number of benzene rings is 2. The van der Waals surface area contributed by atoms with Crippen LogP contribution >= 0.6 is 22.6 Å². The molecule has 0 unspecified atom stereocenters.